The number of methoxy groups -OCH3 is 2. The molecule has 3 rings (SSSR count). The van der Waals surface area contributed by atoms with Crippen molar-refractivity contribution >= 4 is 5.69 Å². The highest BCUT2D eigenvalue weighted by atomic mass is 16.5. The lowest BCUT2D eigenvalue weighted by molar-refractivity contribution is 0.206. The van der Waals surface area contributed by atoms with Gasteiger partial charge in [0.2, 0.25) is 0 Å². The Morgan fingerprint density at radius 3 is 2.71 bits per heavy atom. The molecule has 0 bridgehead atoms. The predicted molar refractivity (Wildman–Crippen MR) is 82.6 cm³/mol. The molecule has 2 aromatic carbocycles. The average molecular weight is 285 g/mol. The van der Waals surface area contributed by atoms with Gasteiger partial charge in [0.05, 0.1) is 26.5 Å². The average Bonchev–Trinajstić information content (AvgIpc) is 2.54. The lowest BCUT2D eigenvalue weighted by Gasteiger charge is -2.27. The number of fused-ring (bicyclic) bond motifs is 1. The zero-order chi connectivity index (χ0) is 14.7. The molecule has 1 heterocycles. The molecule has 0 aliphatic carbocycles. The number of rotatable bonds is 4. The van der Waals surface area contributed by atoms with Crippen LogP contribution in [0.3, 0.4) is 0 Å². The van der Waals surface area contributed by atoms with Gasteiger partial charge >= 0.3 is 0 Å². The zero-order valence-corrected chi connectivity index (χ0v) is 12.3. The summed E-state index contributed by atoms with van der Waals surface area (Å²) in [6.07, 6.45) is 0.930. The van der Waals surface area contributed by atoms with Crippen molar-refractivity contribution in [2.24, 2.45) is 0 Å². The maximum Gasteiger partial charge on any atom is 0.160 e. The van der Waals surface area contributed by atoms with Crippen LogP contribution in [0, 0.1) is 0 Å². The summed E-state index contributed by atoms with van der Waals surface area (Å²) in [7, 11) is 3.29. The summed E-state index contributed by atoms with van der Waals surface area (Å²) in [5.74, 6) is 2.41. The third kappa shape index (κ3) is 2.89. The molecule has 21 heavy (non-hydrogen) atoms. The van der Waals surface area contributed by atoms with E-state index in [0.29, 0.717) is 0 Å². The standard InChI is InChI=1S/C17H19NO3/c1-19-16-8-7-12(10-17(16)20-2)9-13-11-18-14-5-3-4-6-15(14)21-13/h3-8,10,13,18H,9,11H2,1-2H3. The first-order valence-electron chi connectivity index (χ1n) is 7.00. The van der Waals surface area contributed by atoms with Gasteiger partial charge in [-0.05, 0) is 29.8 Å². The van der Waals surface area contributed by atoms with Crippen LogP contribution in [0.1, 0.15) is 5.56 Å². The molecule has 0 saturated carbocycles. The van der Waals surface area contributed by atoms with Gasteiger partial charge in [-0.1, -0.05) is 18.2 Å². The summed E-state index contributed by atoms with van der Waals surface area (Å²) >= 11 is 0. The van der Waals surface area contributed by atoms with Gasteiger partial charge in [-0.15, -0.1) is 0 Å². The molecule has 2 aromatic rings. The molecule has 4 heteroatoms. The molecule has 0 fully saturated rings. The van der Waals surface area contributed by atoms with Crippen LogP contribution in [-0.4, -0.2) is 26.9 Å². The van der Waals surface area contributed by atoms with Crippen molar-refractivity contribution in [3.63, 3.8) is 0 Å². The van der Waals surface area contributed by atoms with Gasteiger partial charge in [-0.2, -0.15) is 0 Å². The number of para-hydroxylation sites is 2. The van der Waals surface area contributed by atoms with Crippen LogP contribution < -0.4 is 19.5 Å². The zero-order valence-electron chi connectivity index (χ0n) is 12.3. The Kier molecular flexibility index (Phi) is 3.86. The van der Waals surface area contributed by atoms with Crippen molar-refractivity contribution in [3.8, 4) is 17.2 Å². The molecule has 0 spiro atoms. The van der Waals surface area contributed by atoms with Gasteiger partial charge in [-0.3, -0.25) is 0 Å². The van der Waals surface area contributed by atoms with Gasteiger partial charge in [0.25, 0.3) is 0 Å². The monoisotopic (exact) mass is 285 g/mol. The van der Waals surface area contributed by atoms with E-state index in [2.05, 4.69) is 5.32 Å². The molecule has 1 unspecified atom stereocenters. The summed E-state index contributed by atoms with van der Waals surface area (Å²) in [5.41, 5.74) is 2.22. The van der Waals surface area contributed by atoms with Crippen molar-refractivity contribution in [3.05, 3.63) is 48.0 Å². The van der Waals surface area contributed by atoms with E-state index >= 15 is 0 Å². The van der Waals surface area contributed by atoms with Crippen LogP contribution in [-0.2, 0) is 6.42 Å². The predicted octanol–water partition coefficient (Wildman–Crippen LogP) is 3.12. The van der Waals surface area contributed by atoms with Crippen molar-refractivity contribution in [1.29, 1.82) is 0 Å². The first-order chi connectivity index (χ1) is 10.3. The van der Waals surface area contributed by atoms with Crippen molar-refractivity contribution in [2.75, 3.05) is 26.1 Å². The van der Waals surface area contributed by atoms with Crippen molar-refractivity contribution in [2.45, 2.75) is 12.5 Å². The van der Waals surface area contributed by atoms with Gasteiger partial charge < -0.3 is 19.5 Å². The minimum absolute atomic E-state index is 0.109. The Bertz CT molecular complexity index is 627. The SMILES string of the molecule is COc1ccc(CC2CNc3ccccc3O2)cc1OC. The number of hydrogen-bond acceptors (Lipinski definition) is 4. The molecule has 0 amide bonds. The fourth-order valence-corrected chi connectivity index (χ4v) is 2.54. The Hall–Kier alpha value is -2.36. The second-order valence-corrected chi connectivity index (χ2v) is 5.01. The van der Waals surface area contributed by atoms with E-state index in [1.54, 1.807) is 14.2 Å². The summed E-state index contributed by atoms with van der Waals surface area (Å²) < 4.78 is 16.6. The molecule has 1 aliphatic heterocycles. The highest BCUT2D eigenvalue weighted by Gasteiger charge is 2.19. The van der Waals surface area contributed by atoms with Crippen molar-refractivity contribution in [1.82, 2.24) is 0 Å². The highest BCUT2D eigenvalue weighted by molar-refractivity contribution is 5.57. The fourth-order valence-electron chi connectivity index (χ4n) is 2.54. The minimum atomic E-state index is 0.109. The van der Waals surface area contributed by atoms with E-state index in [-0.39, 0.29) is 6.10 Å². The third-order valence-electron chi connectivity index (χ3n) is 3.61. The maximum atomic E-state index is 6.03. The molecular weight excluding hydrogens is 266 g/mol. The van der Waals surface area contributed by atoms with Crippen LogP contribution in [0.5, 0.6) is 17.2 Å². The van der Waals surface area contributed by atoms with Crippen LogP contribution in [0.25, 0.3) is 0 Å². The summed E-state index contributed by atoms with van der Waals surface area (Å²) in [6, 6.07) is 14.0. The maximum absolute atomic E-state index is 6.03. The van der Waals surface area contributed by atoms with E-state index in [4.69, 9.17) is 14.2 Å². The number of hydrogen-bond donors (Lipinski definition) is 1. The minimum Gasteiger partial charge on any atom is -0.493 e. The van der Waals surface area contributed by atoms with Crippen LogP contribution >= 0.6 is 0 Å². The topological polar surface area (TPSA) is 39.7 Å². The lowest BCUT2D eigenvalue weighted by Crippen LogP contribution is -2.32. The first-order valence-corrected chi connectivity index (χ1v) is 7.00. The van der Waals surface area contributed by atoms with E-state index < -0.39 is 0 Å². The van der Waals surface area contributed by atoms with E-state index in [1.807, 2.05) is 42.5 Å². The molecule has 1 atom stereocenters. The Morgan fingerprint density at radius 1 is 1.10 bits per heavy atom. The third-order valence-corrected chi connectivity index (χ3v) is 3.61. The normalized spacial score (nSPS) is 16.4. The molecule has 110 valence electrons. The molecule has 0 radical (unpaired) electrons. The molecule has 0 saturated heterocycles. The molecular formula is C17H19NO3. The van der Waals surface area contributed by atoms with Gasteiger partial charge in [0.15, 0.2) is 11.5 Å². The number of ether oxygens (including phenoxy) is 3. The fraction of sp³-hybridized carbons (Fsp3) is 0.294. The quantitative estimate of drug-likeness (QED) is 0.937. The Balaban J connectivity index is 1.73. The summed E-state index contributed by atoms with van der Waals surface area (Å²) in [4.78, 5) is 0. The molecule has 1 aliphatic rings. The van der Waals surface area contributed by atoms with E-state index in [9.17, 15) is 0 Å². The Labute approximate surface area is 124 Å². The van der Waals surface area contributed by atoms with Crippen LogP contribution in [0.4, 0.5) is 5.69 Å². The largest absolute Gasteiger partial charge is 0.493 e. The second-order valence-electron chi connectivity index (χ2n) is 5.01. The molecule has 0 aromatic heterocycles. The van der Waals surface area contributed by atoms with Gasteiger partial charge in [-0.25, -0.2) is 0 Å². The Morgan fingerprint density at radius 2 is 1.90 bits per heavy atom. The number of nitrogens with one attached hydrogen (secondary N) is 1. The molecule has 4 nitrogen and oxygen atoms in total. The van der Waals surface area contributed by atoms with Gasteiger partial charge in [0.1, 0.15) is 11.9 Å². The smallest absolute Gasteiger partial charge is 0.160 e. The van der Waals surface area contributed by atoms with Gasteiger partial charge in [0, 0.05) is 6.42 Å². The highest BCUT2D eigenvalue weighted by Crippen LogP contribution is 2.31. The van der Waals surface area contributed by atoms with Crippen molar-refractivity contribution < 1.29 is 14.2 Å². The number of benzene rings is 2. The second kappa shape index (κ2) is 5.95. The molecule has 1 N–H and O–H groups in total. The van der Waals surface area contributed by atoms with Crippen LogP contribution in [0.2, 0.25) is 0 Å². The first kappa shape index (κ1) is 13.6. The lowest BCUT2D eigenvalue weighted by atomic mass is 10.1. The summed E-state index contributed by atoms with van der Waals surface area (Å²) in [5, 5.41) is 3.40. The summed E-state index contributed by atoms with van der Waals surface area (Å²) in [6.45, 7) is 0.797. The van der Waals surface area contributed by atoms with Crippen LogP contribution in [0.15, 0.2) is 42.5 Å². The van der Waals surface area contributed by atoms with E-state index in [0.717, 1.165) is 35.9 Å². The number of anilines is 1. The van der Waals surface area contributed by atoms with E-state index in [1.165, 1.54) is 5.56 Å².